The first kappa shape index (κ1) is 32.6. The van der Waals surface area contributed by atoms with E-state index in [1.54, 1.807) is 0 Å². The normalized spacial score (nSPS) is 13.8. The molecule has 2 unspecified atom stereocenters. The third-order valence-electron chi connectivity index (χ3n) is 6.31. The average Bonchev–Trinajstić information content (AvgIpc) is 2.94. The summed E-state index contributed by atoms with van der Waals surface area (Å²) in [6.07, 6.45) is -14.4. The summed E-state index contributed by atoms with van der Waals surface area (Å²) in [5.74, 6) is -1.45. The second-order valence-corrected chi connectivity index (χ2v) is 9.38. The fourth-order valence-corrected chi connectivity index (χ4v) is 4.27. The minimum atomic E-state index is -4.91. The summed E-state index contributed by atoms with van der Waals surface area (Å²) < 4.78 is 142. The fraction of sp³-hybridized carbons (Fsp3) is 0.200. The van der Waals surface area contributed by atoms with Crippen LogP contribution in [-0.2, 0) is 12.4 Å². The summed E-state index contributed by atoms with van der Waals surface area (Å²) in [6, 6.07) is 12.7. The highest BCUT2D eigenvalue weighted by Crippen LogP contribution is 2.37. The van der Waals surface area contributed by atoms with Crippen molar-refractivity contribution in [3.05, 3.63) is 125 Å². The van der Waals surface area contributed by atoms with Crippen LogP contribution < -0.4 is 14.8 Å². The van der Waals surface area contributed by atoms with Gasteiger partial charge in [0, 0.05) is 5.56 Å². The smallest absolute Gasteiger partial charge is 0.457 e. The Balaban J connectivity index is 1.71. The second-order valence-electron chi connectivity index (χ2n) is 9.38. The molecule has 0 aliphatic rings. The van der Waals surface area contributed by atoms with Crippen LogP contribution in [-0.4, -0.2) is 18.1 Å². The number of aliphatic hydroxyl groups is 1. The summed E-state index contributed by atoms with van der Waals surface area (Å²) in [7, 11) is 0. The lowest BCUT2D eigenvalue weighted by Crippen LogP contribution is -2.30. The van der Waals surface area contributed by atoms with E-state index >= 15 is 4.39 Å². The Labute approximate surface area is 243 Å². The first-order chi connectivity index (χ1) is 20.5. The van der Waals surface area contributed by atoms with Crippen LogP contribution in [0.5, 0.6) is 17.2 Å². The Kier molecular flexibility index (Phi) is 9.44. The van der Waals surface area contributed by atoms with Crippen LogP contribution >= 0.6 is 0 Å². The van der Waals surface area contributed by atoms with E-state index in [2.05, 4.69) is 10.1 Å². The highest BCUT2D eigenvalue weighted by molar-refractivity contribution is 5.42. The van der Waals surface area contributed by atoms with Gasteiger partial charge < -0.3 is 14.6 Å². The molecule has 4 aromatic rings. The summed E-state index contributed by atoms with van der Waals surface area (Å²) in [5, 5.41) is 12.9. The number of halogens is 10. The largest absolute Gasteiger partial charge is 0.573 e. The predicted octanol–water partition coefficient (Wildman–Crippen LogP) is 8.97. The van der Waals surface area contributed by atoms with Crippen molar-refractivity contribution in [2.75, 3.05) is 6.61 Å². The molecule has 0 amide bonds. The fourth-order valence-electron chi connectivity index (χ4n) is 4.27. The molecular weight excluding hydrogens is 612 g/mol. The summed E-state index contributed by atoms with van der Waals surface area (Å²) in [4.78, 5) is 0. The molecule has 0 spiro atoms. The molecule has 0 aromatic heterocycles. The molecule has 0 aliphatic heterocycles. The van der Waals surface area contributed by atoms with Crippen LogP contribution in [0.2, 0.25) is 0 Å². The second kappa shape index (κ2) is 12.7. The number of hydrogen-bond acceptors (Lipinski definition) is 4. The van der Waals surface area contributed by atoms with E-state index in [0.29, 0.717) is 18.2 Å². The summed E-state index contributed by atoms with van der Waals surface area (Å²) in [5.41, 5.74) is -2.38. The number of benzene rings is 4. The molecule has 4 nitrogen and oxygen atoms in total. The zero-order chi connectivity index (χ0) is 32.3. The zero-order valence-electron chi connectivity index (χ0n) is 22.1. The first-order valence-electron chi connectivity index (χ1n) is 12.6. The molecule has 234 valence electrons. The van der Waals surface area contributed by atoms with Crippen LogP contribution in [0.4, 0.5) is 43.9 Å². The number of nitrogens with one attached hydrogen (secondary N) is 1. The SMILES string of the molecule is OCC(NC(c1cccc(Oc2ccc(OC(F)(F)F)cc2)c1)c1cc(C(F)(F)F)ccc1F)c1ccc(C(F)(F)F)cc1. The molecule has 4 rings (SSSR count). The molecule has 0 aliphatic carbocycles. The van der Waals surface area contributed by atoms with Crippen molar-refractivity contribution in [2.45, 2.75) is 30.8 Å². The third-order valence-corrected chi connectivity index (χ3v) is 6.31. The number of aliphatic hydroxyl groups excluding tert-OH is 1. The molecule has 0 saturated carbocycles. The van der Waals surface area contributed by atoms with Gasteiger partial charge in [-0.1, -0.05) is 24.3 Å². The summed E-state index contributed by atoms with van der Waals surface area (Å²) >= 11 is 0. The lowest BCUT2D eigenvalue weighted by Gasteiger charge is -2.27. The van der Waals surface area contributed by atoms with Crippen molar-refractivity contribution in [2.24, 2.45) is 0 Å². The van der Waals surface area contributed by atoms with Gasteiger partial charge in [0.25, 0.3) is 0 Å². The molecule has 4 aromatic carbocycles. The number of ether oxygens (including phenoxy) is 2. The minimum Gasteiger partial charge on any atom is -0.457 e. The number of hydrogen-bond donors (Lipinski definition) is 2. The van der Waals surface area contributed by atoms with Gasteiger partial charge in [0.15, 0.2) is 0 Å². The Hall–Kier alpha value is -4.30. The minimum absolute atomic E-state index is 0.0567. The van der Waals surface area contributed by atoms with Crippen molar-refractivity contribution in [1.29, 1.82) is 0 Å². The Morgan fingerprint density at radius 2 is 1.23 bits per heavy atom. The zero-order valence-corrected chi connectivity index (χ0v) is 22.1. The van der Waals surface area contributed by atoms with Crippen LogP contribution in [0.15, 0.2) is 91.0 Å². The Bertz CT molecular complexity index is 1550. The van der Waals surface area contributed by atoms with Gasteiger partial charge in [-0.2, -0.15) is 26.3 Å². The molecule has 44 heavy (non-hydrogen) atoms. The number of rotatable bonds is 9. The molecular formula is C30H21F10NO3. The highest BCUT2D eigenvalue weighted by Gasteiger charge is 2.34. The maximum atomic E-state index is 15.1. The maximum Gasteiger partial charge on any atom is 0.573 e. The molecule has 0 bridgehead atoms. The van der Waals surface area contributed by atoms with Gasteiger partial charge in [-0.15, -0.1) is 13.2 Å². The average molecular weight is 633 g/mol. The van der Waals surface area contributed by atoms with Crippen molar-refractivity contribution >= 4 is 0 Å². The van der Waals surface area contributed by atoms with Crippen molar-refractivity contribution < 1.29 is 58.5 Å². The van der Waals surface area contributed by atoms with Gasteiger partial charge in [0.05, 0.1) is 29.8 Å². The topological polar surface area (TPSA) is 50.7 Å². The van der Waals surface area contributed by atoms with E-state index < -0.39 is 65.7 Å². The van der Waals surface area contributed by atoms with Crippen molar-refractivity contribution in [1.82, 2.24) is 5.32 Å². The monoisotopic (exact) mass is 633 g/mol. The van der Waals surface area contributed by atoms with Crippen LogP contribution in [0.1, 0.15) is 39.9 Å². The van der Waals surface area contributed by atoms with Gasteiger partial charge in [0.1, 0.15) is 23.1 Å². The van der Waals surface area contributed by atoms with E-state index in [4.69, 9.17) is 4.74 Å². The molecule has 0 radical (unpaired) electrons. The van der Waals surface area contributed by atoms with E-state index in [-0.39, 0.29) is 22.6 Å². The van der Waals surface area contributed by atoms with Gasteiger partial charge in [-0.05, 0) is 77.9 Å². The van der Waals surface area contributed by atoms with E-state index in [9.17, 15) is 44.6 Å². The number of alkyl halides is 9. The van der Waals surface area contributed by atoms with Crippen molar-refractivity contribution in [3.63, 3.8) is 0 Å². The standard InChI is InChI=1S/C30H21F10NO3/c31-25-13-8-20(29(35,36)37)15-24(25)27(41-26(16-42)17-4-6-19(7-5-17)28(32,33)34)18-2-1-3-23(14-18)43-21-9-11-22(12-10-21)44-30(38,39)40/h1-15,26-27,41-42H,16H2. The molecule has 0 saturated heterocycles. The third kappa shape index (κ3) is 8.41. The van der Waals surface area contributed by atoms with Gasteiger partial charge >= 0.3 is 18.7 Å². The van der Waals surface area contributed by atoms with Crippen LogP contribution in [0.25, 0.3) is 0 Å². The quantitative estimate of drug-likeness (QED) is 0.181. The van der Waals surface area contributed by atoms with E-state index in [1.165, 1.54) is 36.4 Å². The lowest BCUT2D eigenvalue weighted by molar-refractivity contribution is -0.274. The first-order valence-corrected chi connectivity index (χ1v) is 12.6. The van der Waals surface area contributed by atoms with Crippen LogP contribution in [0, 0.1) is 5.82 Å². The van der Waals surface area contributed by atoms with Gasteiger partial charge in [0.2, 0.25) is 0 Å². The highest BCUT2D eigenvalue weighted by atomic mass is 19.4. The summed E-state index contributed by atoms with van der Waals surface area (Å²) in [6.45, 7) is -0.731. The molecule has 2 atom stereocenters. The van der Waals surface area contributed by atoms with E-state index in [1.807, 2.05) is 0 Å². The van der Waals surface area contributed by atoms with Crippen LogP contribution in [0.3, 0.4) is 0 Å². The molecule has 0 fully saturated rings. The Morgan fingerprint density at radius 3 is 1.80 bits per heavy atom. The van der Waals surface area contributed by atoms with Crippen molar-refractivity contribution in [3.8, 4) is 17.2 Å². The van der Waals surface area contributed by atoms with E-state index in [0.717, 1.165) is 36.4 Å². The lowest BCUT2D eigenvalue weighted by atomic mass is 9.94. The maximum absolute atomic E-state index is 15.1. The van der Waals surface area contributed by atoms with Gasteiger partial charge in [-0.25, -0.2) is 4.39 Å². The predicted molar refractivity (Wildman–Crippen MR) is 137 cm³/mol. The molecule has 2 N–H and O–H groups in total. The molecule has 14 heteroatoms. The Morgan fingerprint density at radius 1 is 0.636 bits per heavy atom. The van der Waals surface area contributed by atoms with Gasteiger partial charge in [-0.3, -0.25) is 5.32 Å². The molecule has 0 heterocycles.